The van der Waals surface area contributed by atoms with E-state index < -0.39 is 0 Å². The van der Waals surface area contributed by atoms with Crippen LogP contribution in [0.25, 0.3) is 0 Å². The number of likely N-dealkylation sites (tertiary alicyclic amines) is 1. The fourth-order valence-corrected chi connectivity index (χ4v) is 3.32. The average Bonchev–Trinajstić information content (AvgIpc) is 2.87. The van der Waals surface area contributed by atoms with Gasteiger partial charge in [-0.15, -0.1) is 11.3 Å². The molecule has 108 valence electrons. The van der Waals surface area contributed by atoms with Gasteiger partial charge in [0, 0.05) is 18.5 Å². The van der Waals surface area contributed by atoms with Crippen molar-refractivity contribution < 1.29 is 0 Å². The van der Waals surface area contributed by atoms with Gasteiger partial charge in [-0.25, -0.2) is 4.98 Å². The molecule has 0 radical (unpaired) electrons. The Morgan fingerprint density at radius 1 is 1.37 bits per heavy atom. The summed E-state index contributed by atoms with van der Waals surface area (Å²) in [4.78, 5) is 7.27. The number of thiazole rings is 1. The Kier molecular flexibility index (Phi) is 5.37. The van der Waals surface area contributed by atoms with Crippen molar-refractivity contribution in [2.45, 2.75) is 53.1 Å². The van der Waals surface area contributed by atoms with E-state index in [4.69, 9.17) is 4.98 Å². The third-order valence-corrected chi connectivity index (χ3v) is 5.33. The molecule has 3 nitrogen and oxygen atoms in total. The highest BCUT2D eigenvalue weighted by molar-refractivity contribution is 7.09. The number of rotatable bonds is 6. The van der Waals surface area contributed by atoms with Crippen LogP contribution in [0.3, 0.4) is 0 Å². The molecule has 0 amide bonds. The molecule has 2 rings (SSSR count). The summed E-state index contributed by atoms with van der Waals surface area (Å²) in [6.07, 6.45) is 3.97. The van der Waals surface area contributed by atoms with Gasteiger partial charge in [0.15, 0.2) is 0 Å². The predicted octanol–water partition coefficient (Wildman–Crippen LogP) is 3.26. The Labute approximate surface area is 121 Å². The third-order valence-electron chi connectivity index (χ3n) is 4.43. The number of hydrogen-bond donors (Lipinski definition) is 1. The van der Waals surface area contributed by atoms with Crippen molar-refractivity contribution in [3.8, 4) is 0 Å². The van der Waals surface area contributed by atoms with Crippen molar-refractivity contribution in [3.63, 3.8) is 0 Å². The molecule has 0 unspecified atom stereocenters. The fourth-order valence-electron chi connectivity index (χ4n) is 2.57. The van der Waals surface area contributed by atoms with E-state index in [2.05, 4.69) is 36.4 Å². The Morgan fingerprint density at radius 2 is 2.11 bits per heavy atom. The van der Waals surface area contributed by atoms with Crippen LogP contribution in [0.15, 0.2) is 5.38 Å². The highest BCUT2D eigenvalue weighted by Gasteiger charge is 2.28. The number of aromatic nitrogens is 1. The molecule has 1 aromatic rings. The van der Waals surface area contributed by atoms with Crippen LogP contribution >= 0.6 is 11.3 Å². The monoisotopic (exact) mass is 281 g/mol. The molecule has 1 saturated heterocycles. The third kappa shape index (κ3) is 4.26. The Morgan fingerprint density at radius 3 is 2.74 bits per heavy atom. The van der Waals surface area contributed by atoms with E-state index >= 15 is 0 Å². The zero-order chi connectivity index (χ0) is 13.7. The molecule has 0 bridgehead atoms. The fraction of sp³-hybridized carbons (Fsp3) is 0.800. The van der Waals surface area contributed by atoms with Gasteiger partial charge in [0.2, 0.25) is 0 Å². The summed E-state index contributed by atoms with van der Waals surface area (Å²) in [6.45, 7) is 12.3. The molecule has 1 N–H and O–H groups in total. The first-order valence-corrected chi connectivity index (χ1v) is 8.39. The van der Waals surface area contributed by atoms with Crippen LogP contribution in [0.4, 0.5) is 0 Å². The van der Waals surface area contributed by atoms with Crippen molar-refractivity contribution in [1.29, 1.82) is 0 Å². The van der Waals surface area contributed by atoms with Gasteiger partial charge in [-0.3, -0.25) is 4.90 Å². The molecule has 1 aliphatic heterocycles. The van der Waals surface area contributed by atoms with Crippen molar-refractivity contribution in [1.82, 2.24) is 15.2 Å². The van der Waals surface area contributed by atoms with Crippen molar-refractivity contribution >= 4 is 11.3 Å². The molecule has 19 heavy (non-hydrogen) atoms. The summed E-state index contributed by atoms with van der Waals surface area (Å²) >= 11 is 1.78. The van der Waals surface area contributed by atoms with Gasteiger partial charge < -0.3 is 5.32 Å². The molecule has 0 saturated carbocycles. The highest BCUT2D eigenvalue weighted by Crippen LogP contribution is 2.34. The van der Waals surface area contributed by atoms with Crippen LogP contribution < -0.4 is 5.32 Å². The highest BCUT2D eigenvalue weighted by atomic mass is 32.1. The Balaban J connectivity index is 1.80. The summed E-state index contributed by atoms with van der Waals surface area (Å²) in [5.41, 5.74) is 1.83. The predicted molar refractivity (Wildman–Crippen MR) is 82.4 cm³/mol. The standard InChI is InChI=1S/C15H27N3S/c1-4-15(3)6-8-18(9-7-15)11-13-12-19-14(17-13)10-16-5-2/h12,16H,4-11H2,1-3H3. The lowest BCUT2D eigenvalue weighted by molar-refractivity contribution is 0.109. The van der Waals surface area contributed by atoms with Crippen LogP contribution in [0.2, 0.25) is 0 Å². The summed E-state index contributed by atoms with van der Waals surface area (Å²) in [6, 6.07) is 0. The van der Waals surface area contributed by atoms with Crippen LogP contribution in [0.1, 0.15) is 50.7 Å². The van der Waals surface area contributed by atoms with Gasteiger partial charge in [0.25, 0.3) is 0 Å². The zero-order valence-corrected chi connectivity index (χ0v) is 13.4. The molecule has 2 heterocycles. The normalized spacial score (nSPS) is 19.7. The minimum Gasteiger partial charge on any atom is -0.311 e. The molecule has 0 atom stereocenters. The molecular weight excluding hydrogens is 254 g/mol. The molecule has 4 heteroatoms. The summed E-state index contributed by atoms with van der Waals surface area (Å²) in [5.74, 6) is 0. The van der Waals surface area contributed by atoms with Gasteiger partial charge in [-0.1, -0.05) is 27.2 Å². The maximum absolute atomic E-state index is 4.71. The van der Waals surface area contributed by atoms with E-state index in [1.54, 1.807) is 11.3 Å². The minimum absolute atomic E-state index is 0.578. The van der Waals surface area contributed by atoms with Crippen LogP contribution in [-0.4, -0.2) is 29.5 Å². The van der Waals surface area contributed by atoms with E-state index in [0.717, 1.165) is 19.6 Å². The first-order valence-electron chi connectivity index (χ1n) is 7.51. The van der Waals surface area contributed by atoms with Gasteiger partial charge in [-0.2, -0.15) is 0 Å². The summed E-state index contributed by atoms with van der Waals surface area (Å²) in [7, 11) is 0. The van der Waals surface area contributed by atoms with Crippen LogP contribution in [-0.2, 0) is 13.1 Å². The number of nitrogens with one attached hydrogen (secondary N) is 1. The first-order chi connectivity index (χ1) is 9.15. The van der Waals surface area contributed by atoms with E-state index in [1.165, 1.54) is 43.1 Å². The SMILES string of the molecule is CCNCc1nc(CN2CCC(C)(CC)CC2)cs1. The topological polar surface area (TPSA) is 28.2 Å². The van der Waals surface area contributed by atoms with Gasteiger partial charge in [-0.05, 0) is 37.9 Å². The van der Waals surface area contributed by atoms with Crippen LogP contribution in [0.5, 0.6) is 0 Å². The molecular formula is C15H27N3S. The lowest BCUT2D eigenvalue weighted by atomic mass is 9.78. The van der Waals surface area contributed by atoms with E-state index in [1.807, 2.05) is 0 Å². The van der Waals surface area contributed by atoms with Crippen LogP contribution in [0, 0.1) is 5.41 Å². The smallest absolute Gasteiger partial charge is 0.107 e. The average molecular weight is 281 g/mol. The molecule has 0 aliphatic carbocycles. The van der Waals surface area contributed by atoms with E-state index in [9.17, 15) is 0 Å². The van der Waals surface area contributed by atoms with Gasteiger partial charge >= 0.3 is 0 Å². The molecule has 1 fully saturated rings. The second-order valence-corrected chi connectivity index (χ2v) is 6.90. The molecule has 1 aliphatic rings. The van der Waals surface area contributed by atoms with Crippen molar-refractivity contribution in [2.75, 3.05) is 19.6 Å². The lowest BCUT2D eigenvalue weighted by Gasteiger charge is -2.38. The number of nitrogens with zero attached hydrogens (tertiary/aromatic N) is 2. The summed E-state index contributed by atoms with van der Waals surface area (Å²) in [5, 5.41) is 6.77. The second-order valence-electron chi connectivity index (χ2n) is 5.95. The van der Waals surface area contributed by atoms with Crippen molar-refractivity contribution in [3.05, 3.63) is 16.1 Å². The van der Waals surface area contributed by atoms with Gasteiger partial charge in [0.05, 0.1) is 5.69 Å². The Hall–Kier alpha value is -0.450. The van der Waals surface area contributed by atoms with Crippen molar-refractivity contribution in [2.24, 2.45) is 5.41 Å². The maximum Gasteiger partial charge on any atom is 0.107 e. The van der Waals surface area contributed by atoms with E-state index in [0.29, 0.717) is 5.41 Å². The molecule has 0 aromatic carbocycles. The zero-order valence-electron chi connectivity index (χ0n) is 12.5. The second kappa shape index (κ2) is 6.82. The molecule has 1 aromatic heterocycles. The Bertz CT molecular complexity index is 380. The largest absolute Gasteiger partial charge is 0.311 e. The number of hydrogen-bond acceptors (Lipinski definition) is 4. The quantitative estimate of drug-likeness (QED) is 0.867. The summed E-state index contributed by atoms with van der Waals surface area (Å²) < 4.78 is 0. The maximum atomic E-state index is 4.71. The minimum atomic E-state index is 0.578. The molecule has 0 spiro atoms. The van der Waals surface area contributed by atoms with E-state index in [-0.39, 0.29) is 0 Å². The number of piperidine rings is 1. The lowest BCUT2D eigenvalue weighted by Crippen LogP contribution is -2.38. The first kappa shape index (κ1) is 14.9. The van der Waals surface area contributed by atoms with Gasteiger partial charge in [0.1, 0.15) is 5.01 Å².